The molecule has 0 bridgehead atoms. The first-order valence-electron chi connectivity index (χ1n) is 10.3. The van der Waals surface area contributed by atoms with Crippen molar-refractivity contribution in [3.8, 4) is 5.69 Å². The molecule has 0 saturated heterocycles. The van der Waals surface area contributed by atoms with E-state index in [0.717, 1.165) is 17.1 Å². The van der Waals surface area contributed by atoms with Crippen molar-refractivity contribution in [1.29, 1.82) is 0 Å². The summed E-state index contributed by atoms with van der Waals surface area (Å²) in [5, 5.41) is 0. The number of benzene rings is 1. The third-order valence-electron chi connectivity index (χ3n) is 5.60. The molecular weight excluding hydrogens is 398 g/mol. The van der Waals surface area contributed by atoms with E-state index in [0.29, 0.717) is 42.1 Å². The number of ether oxygens (including phenoxy) is 1. The van der Waals surface area contributed by atoms with Crippen LogP contribution in [0, 0.1) is 13.8 Å². The van der Waals surface area contributed by atoms with Crippen LogP contribution in [0.4, 0.5) is 0 Å². The average Bonchev–Trinajstić information content (AvgIpc) is 3.25. The molecule has 0 fully saturated rings. The Morgan fingerprint density at radius 3 is 2.35 bits per heavy atom. The molecule has 0 spiro atoms. The molecule has 4 rings (SSSR count). The number of aromatic nitrogens is 5. The van der Waals surface area contributed by atoms with Crippen molar-refractivity contribution in [3.05, 3.63) is 62.1 Å². The first-order valence-corrected chi connectivity index (χ1v) is 10.3. The van der Waals surface area contributed by atoms with Crippen molar-refractivity contribution in [1.82, 2.24) is 23.1 Å². The standard InChI is InChI=1S/C22H25N5O4/c1-6-12-25-19(28)17-18(24(5)22(25)30)23-21-26(13(3)14(4)27(17)21)16-10-8-15(9-11-16)20(29)31-7-2/h8-11H,6-7,12H2,1-5H3. The van der Waals surface area contributed by atoms with Crippen molar-refractivity contribution >= 4 is 22.9 Å². The summed E-state index contributed by atoms with van der Waals surface area (Å²) in [4.78, 5) is 42.5. The van der Waals surface area contributed by atoms with E-state index in [-0.39, 0.29) is 17.2 Å². The fourth-order valence-corrected chi connectivity index (χ4v) is 3.94. The lowest BCUT2D eigenvalue weighted by Gasteiger charge is -2.08. The van der Waals surface area contributed by atoms with Crippen LogP contribution in [0.2, 0.25) is 0 Å². The number of hydrogen-bond acceptors (Lipinski definition) is 5. The summed E-state index contributed by atoms with van der Waals surface area (Å²) in [5.41, 5.74) is 3.02. The molecule has 0 atom stereocenters. The van der Waals surface area contributed by atoms with Crippen LogP contribution < -0.4 is 11.2 Å². The number of aryl methyl sites for hydroxylation is 2. The van der Waals surface area contributed by atoms with E-state index < -0.39 is 0 Å². The number of hydrogen-bond donors (Lipinski definition) is 0. The summed E-state index contributed by atoms with van der Waals surface area (Å²) < 4.78 is 11.4. The second-order valence-electron chi connectivity index (χ2n) is 7.49. The largest absolute Gasteiger partial charge is 0.462 e. The summed E-state index contributed by atoms with van der Waals surface area (Å²) in [6.45, 7) is 8.21. The molecule has 31 heavy (non-hydrogen) atoms. The number of fused-ring (bicyclic) bond motifs is 3. The minimum atomic E-state index is -0.377. The van der Waals surface area contributed by atoms with Crippen LogP contribution in [0.25, 0.3) is 22.6 Å². The lowest BCUT2D eigenvalue weighted by molar-refractivity contribution is 0.0526. The molecule has 0 aliphatic heterocycles. The molecule has 0 amide bonds. The highest BCUT2D eigenvalue weighted by Crippen LogP contribution is 2.24. The second kappa shape index (κ2) is 7.57. The van der Waals surface area contributed by atoms with Crippen LogP contribution in [-0.4, -0.2) is 35.7 Å². The van der Waals surface area contributed by atoms with Crippen molar-refractivity contribution in [2.24, 2.45) is 7.05 Å². The molecule has 0 radical (unpaired) electrons. The molecule has 1 aromatic carbocycles. The quantitative estimate of drug-likeness (QED) is 0.460. The predicted octanol–water partition coefficient (Wildman–Crippen LogP) is 2.34. The van der Waals surface area contributed by atoms with Crippen molar-refractivity contribution in [2.45, 2.75) is 40.7 Å². The third-order valence-corrected chi connectivity index (χ3v) is 5.60. The number of rotatable bonds is 5. The third kappa shape index (κ3) is 2.99. The van der Waals surface area contributed by atoms with Gasteiger partial charge in [0.15, 0.2) is 11.2 Å². The normalized spacial score (nSPS) is 11.5. The van der Waals surface area contributed by atoms with Gasteiger partial charge in [0.1, 0.15) is 0 Å². The lowest BCUT2D eigenvalue weighted by Crippen LogP contribution is -2.39. The van der Waals surface area contributed by atoms with Gasteiger partial charge in [0, 0.05) is 30.7 Å². The Labute approximate surface area is 178 Å². The van der Waals surface area contributed by atoms with Gasteiger partial charge in [-0.15, -0.1) is 0 Å². The van der Waals surface area contributed by atoms with Crippen LogP contribution in [0.1, 0.15) is 42.0 Å². The van der Waals surface area contributed by atoms with Gasteiger partial charge in [0.2, 0.25) is 5.78 Å². The maximum atomic E-state index is 13.2. The molecular formula is C22H25N5O4. The maximum absolute atomic E-state index is 13.2. The first-order chi connectivity index (χ1) is 14.8. The SMILES string of the molecule is CCCn1c(=O)c2c(nc3n(-c4ccc(C(=O)OCC)cc4)c(C)c(C)n23)n(C)c1=O. The molecule has 0 aliphatic rings. The van der Waals surface area contributed by atoms with Crippen LogP contribution >= 0.6 is 0 Å². The lowest BCUT2D eigenvalue weighted by atomic mass is 10.2. The van der Waals surface area contributed by atoms with Crippen LogP contribution in [0.5, 0.6) is 0 Å². The zero-order valence-electron chi connectivity index (χ0n) is 18.3. The van der Waals surface area contributed by atoms with Gasteiger partial charge in [0.05, 0.1) is 12.2 Å². The molecule has 9 heteroatoms. The highest BCUT2D eigenvalue weighted by Gasteiger charge is 2.23. The van der Waals surface area contributed by atoms with Gasteiger partial charge in [-0.25, -0.2) is 9.59 Å². The van der Waals surface area contributed by atoms with E-state index in [4.69, 9.17) is 4.74 Å². The van der Waals surface area contributed by atoms with Crippen molar-refractivity contribution in [3.63, 3.8) is 0 Å². The van der Waals surface area contributed by atoms with E-state index in [1.54, 1.807) is 30.5 Å². The number of carbonyl (C=O) groups excluding carboxylic acids is 1. The summed E-state index contributed by atoms with van der Waals surface area (Å²) >= 11 is 0. The van der Waals surface area contributed by atoms with E-state index >= 15 is 0 Å². The highest BCUT2D eigenvalue weighted by molar-refractivity contribution is 5.89. The summed E-state index contributed by atoms with van der Waals surface area (Å²) in [6, 6.07) is 7.02. The summed E-state index contributed by atoms with van der Waals surface area (Å²) in [6.07, 6.45) is 0.675. The topological polar surface area (TPSA) is 92.5 Å². The number of imidazole rings is 2. The molecule has 3 aromatic heterocycles. The Morgan fingerprint density at radius 1 is 1.06 bits per heavy atom. The monoisotopic (exact) mass is 423 g/mol. The fraction of sp³-hybridized carbons (Fsp3) is 0.364. The Hall–Kier alpha value is -3.62. The summed E-state index contributed by atoms with van der Waals surface area (Å²) in [7, 11) is 1.63. The first kappa shape index (κ1) is 20.6. The van der Waals surface area contributed by atoms with Gasteiger partial charge in [-0.05, 0) is 51.5 Å². The van der Waals surface area contributed by atoms with Crippen LogP contribution in [-0.2, 0) is 18.3 Å². The van der Waals surface area contributed by atoms with E-state index in [2.05, 4.69) is 4.98 Å². The Bertz CT molecular complexity index is 1430. The van der Waals surface area contributed by atoms with Gasteiger partial charge < -0.3 is 4.74 Å². The number of carbonyl (C=O) groups is 1. The fourth-order valence-electron chi connectivity index (χ4n) is 3.94. The van der Waals surface area contributed by atoms with Crippen molar-refractivity contribution < 1.29 is 9.53 Å². The van der Waals surface area contributed by atoms with Gasteiger partial charge in [0.25, 0.3) is 5.56 Å². The minimum absolute atomic E-state index is 0.312. The molecule has 3 heterocycles. The molecule has 162 valence electrons. The second-order valence-corrected chi connectivity index (χ2v) is 7.49. The number of esters is 1. The van der Waals surface area contributed by atoms with Crippen molar-refractivity contribution in [2.75, 3.05) is 6.61 Å². The van der Waals surface area contributed by atoms with E-state index in [1.807, 2.05) is 37.5 Å². The van der Waals surface area contributed by atoms with Gasteiger partial charge in [-0.2, -0.15) is 4.98 Å². The zero-order valence-corrected chi connectivity index (χ0v) is 18.3. The van der Waals surface area contributed by atoms with Crippen LogP contribution in [0.3, 0.4) is 0 Å². The van der Waals surface area contributed by atoms with Gasteiger partial charge in [-0.3, -0.25) is 22.9 Å². The highest BCUT2D eigenvalue weighted by atomic mass is 16.5. The molecule has 0 aliphatic carbocycles. The minimum Gasteiger partial charge on any atom is -0.462 e. The Kier molecular flexibility index (Phi) is 5.04. The molecule has 0 N–H and O–H groups in total. The van der Waals surface area contributed by atoms with E-state index in [9.17, 15) is 14.4 Å². The number of nitrogens with zero attached hydrogens (tertiary/aromatic N) is 5. The maximum Gasteiger partial charge on any atom is 0.338 e. The molecule has 0 saturated carbocycles. The summed E-state index contributed by atoms with van der Waals surface area (Å²) in [5.74, 6) is 0.160. The Morgan fingerprint density at radius 2 is 1.74 bits per heavy atom. The zero-order chi connectivity index (χ0) is 22.4. The van der Waals surface area contributed by atoms with Crippen LogP contribution in [0.15, 0.2) is 33.9 Å². The average molecular weight is 423 g/mol. The molecule has 9 nitrogen and oxygen atoms in total. The predicted molar refractivity (Wildman–Crippen MR) is 117 cm³/mol. The van der Waals surface area contributed by atoms with E-state index in [1.165, 1.54) is 9.13 Å². The van der Waals surface area contributed by atoms with Gasteiger partial charge in [-0.1, -0.05) is 6.92 Å². The smallest absolute Gasteiger partial charge is 0.338 e. The molecule has 4 aromatic rings. The molecule has 0 unspecified atom stereocenters. The Balaban J connectivity index is 2.00. The van der Waals surface area contributed by atoms with Gasteiger partial charge >= 0.3 is 11.7 Å².